The van der Waals surface area contributed by atoms with Crippen LogP contribution in [0, 0.1) is 0 Å². The molecule has 1 atom stereocenters. The van der Waals surface area contributed by atoms with E-state index >= 15 is 0 Å². The number of nitrogens with one attached hydrogen (secondary N) is 1. The van der Waals surface area contributed by atoms with Crippen LogP contribution in [0.5, 0.6) is 0 Å². The van der Waals surface area contributed by atoms with Crippen molar-refractivity contribution in [3.05, 3.63) is 0 Å². The predicted octanol–water partition coefficient (Wildman–Crippen LogP) is 0.927. The third kappa shape index (κ3) is 4.07. The van der Waals surface area contributed by atoms with E-state index in [0.717, 1.165) is 19.4 Å². The highest BCUT2D eigenvalue weighted by molar-refractivity contribution is 5.45. The van der Waals surface area contributed by atoms with Gasteiger partial charge in [0.1, 0.15) is 0 Å². The Morgan fingerprint density at radius 2 is 2.29 bits per heavy atom. The second-order valence-electron chi connectivity index (χ2n) is 4.70. The van der Waals surface area contributed by atoms with Crippen LogP contribution in [0.2, 0.25) is 0 Å². The van der Waals surface area contributed by atoms with E-state index in [1.54, 1.807) is 0 Å². The first kappa shape index (κ1) is 11.5. The molecule has 1 aliphatic heterocycles. The monoisotopic (exact) mass is 200 g/mol. The zero-order valence-electron chi connectivity index (χ0n) is 9.25. The first-order valence-electron chi connectivity index (χ1n) is 5.16. The molecule has 0 aromatic carbocycles. The van der Waals surface area contributed by atoms with E-state index in [1.807, 2.05) is 20.8 Å². The fourth-order valence-corrected chi connectivity index (χ4v) is 1.58. The van der Waals surface area contributed by atoms with Crippen LogP contribution in [-0.2, 0) is 9.63 Å². The lowest BCUT2D eigenvalue weighted by atomic mass is 10.2. The van der Waals surface area contributed by atoms with Crippen molar-refractivity contribution >= 4 is 6.41 Å². The van der Waals surface area contributed by atoms with Crippen LogP contribution in [-0.4, -0.2) is 36.2 Å². The molecule has 4 nitrogen and oxygen atoms in total. The molecule has 1 unspecified atom stereocenters. The molecular weight excluding hydrogens is 180 g/mol. The molecule has 0 radical (unpaired) electrons. The van der Waals surface area contributed by atoms with Crippen LogP contribution in [0.15, 0.2) is 0 Å². The number of carbonyl (C=O) groups is 1. The van der Waals surface area contributed by atoms with E-state index in [0.29, 0.717) is 12.6 Å². The second-order valence-corrected chi connectivity index (χ2v) is 4.70. The SMILES string of the molecule is CC(C)(C)ON(C=O)CC1CCCN1. The summed E-state index contributed by atoms with van der Waals surface area (Å²) in [4.78, 5) is 16.2. The van der Waals surface area contributed by atoms with Crippen molar-refractivity contribution in [1.82, 2.24) is 10.4 Å². The van der Waals surface area contributed by atoms with Gasteiger partial charge in [-0.25, -0.2) is 5.06 Å². The topological polar surface area (TPSA) is 41.6 Å². The van der Waals surface area contributed by atoms with Crippen molar-refractivity contribution in [1.29, 1.82) is 0 Å². The summed E-state index contributed by atoms with van der Waals surface area (Å²) in [5.41, 5.74) is -0.306. The van der Waals surface area contributed by atoms with E-state index in [2.05, 4.69) is 5.32 Å². The molecule has 0 aromatic rings. The highest BCUT2D eigenvalue weighted by atomic mass is 16.7. The summed E-state index contributed by atoms with van der Waals surface area (Å²) in [5, 5.41) is 4.72. The van der Waals surface area contributed by atoms with Gasteiger partial charge < -0.3 is 5.32 Å². The van der Waals surface area contributed by atoms with E-state index in [4.69, 9.17) is 4.84 Å². The maximum absolute atomic E-state index is 10.7. The fraction of sp³-hybridized carbons (Fsp3) is 0.900. The quantitative estimate of drug-likeness (QED) is 0.542. The molecule has 1 N–H and O–H groups in total. The first-order chi connectivity index (χ1) is 6.51. The molecule has 1 rings (SSSR count). The summed E-state index contributed by atoms with van der Waals surface area (Å²) in [6.07, 6.45) is 3.07. The molecule has 0 aromatic heterocycles. The molecule has 82 valence electrons. The molecule has 0 saturated carbocycles. The Kier molecular flexibility index (Phi) is 3.89. The summed E-state index contributed by atoms with van der Waals surface area (Å²) < 4.78 is 0. The minimum absolute atomic E-state index is 0.306. The lowest BCUT2D eigenvalue weighted by Gasteiger charge is -2.28. The number of rotatable bonds is 4. The Morgan fingerprint density at radius 3 is 2.71 bits per heavy atom. The lowest BCUT2D eigenvalue weighted by Crippen LogP contribution is -2.40. The van der Waals surface area contributed by atoms with E-state index in [1.165, 1.54) is 11.5 Å². The van der Waals surface area contributed by atoms with Crippen LogP contribution in [0.4, 0.5) is 0 Å². The van der Waals surface area contributed by atoms with Gasteiger partial charge in [-0.05, 0) is 40.2 Å². The standard InChI is InChI=1S/C10H20N2O2/c1-10(2,3)14-12(8-13)7-9-5-4-6-11-9/h8-9,11H,4-7H2,1-3H3. The number of amides is 1. The van der Waals surface area contributed by atoms with Crippen molar-refractivity contribution in [2.75, 3.05) is 13.1 Å². The summed E-state index contributed by atoms with van der Waals surface area (Å²) in [6.45, 7) is 7.50. The Hall–Kier alpha value is -0.610. The molecule has 0 spiro atoms. The second kappa shape index (κ2) is 4.75. The number of hydrogen-bond acceptors (Lipinski definition) is 3. The molecule has 1 amide bonds. The Labute approximate surface area is 85.6 Å². The van der Waals surface area contributed by atoms with Gasteiger partial charge >= 0.3 is 0 Å². The van der Waals surface area contributed by atoms with E-state index in [-0.39, 0.29) is 5.60 Å². The summed E-state index contributed by atoms with van der Waals surface area (Å²) in [7, 11) is 0. The summed E-state index contributed by atoms with van der Waals surface area (Å²) >= 11 is 0. The molecule has 1 fully saturated rings. The lowest BCUT2D eigenvalue weighted by molar-refractivity contribution is -0.217. The number of nitrogens with zero attached hydrogens (tertiary/aromatic N) is 1. The van der Waals surface area contributed by atoms with Crippen molar-refractivity contribution in [3.63, 3.8) is 0 Å². The van der Waals surface area contributed by atoms with Gasteiger partial charge in [-0.1, -0.05) is 0 Å². The molecule has 4 heteroatoms. The largest absolute Gasteiger partial charge is 0.312 e. The van der Waals surface area contributed by atoms with Crippen LogP contribution in [0.1, 0.15) is 33.6 Å². The summed E-state index contributed by atoms with van der Waals surface area (Å²) in [5.74, 6) is 0. The predicted molar refractivity (Wildman–Crippen MR) is 54.6 cm³/mol. The zero-order valence-corrected chi connectivity index (χ0v) is 9.25. The minimum atomic E-state index is -0.306. The molecule has 0 bridgehead atoms. The van der Waals surface area contributed by atoms with E-state index in [9.17, 15) is 4.79 Å². The Bertz CT molecular complexity index is 183. The highest BCUT2D eigenvalue weighted by Gasteiger charge is 2.21. The Balaban J connectivity index is 2.34. The van der Waals surface area contributed by atoms with Gasteiger partial charge in [0.2, 0.25) is 6.41 Å². The number of hydrogen-bond donors (Lipinski definition) is 1. The van der Waals surface area contributed by atoms with Crippen molar-refractivity contribution < 1.29 is 9.63 Å². The first-order valence-corrected chi connectivity index (χ1v) is 5.16. The molecule has 1 heterocycles. The summed E-state index contributed by atoms with van der Waals surface area (Å²) in [6, 6.07) is 0.391. The third-order valence-electron chi connectivity index (χ3n) is 2.07. The molecule has 1 aliphatic rings. The highest BCUT2D eigenvalue weighted by Crippen LogP contribution is 2.12. The maximum Gasteiger partial charge on any atom is 0.233 e. The van der Waals surface area contributed by atoms with Gasteiger partial charge in [0.25, 0.3) is 0 Å². The van der Waals surface area contributed by atoms with Crippen molar-refractivity contribution in [2.24, 2.45) is 0 Å². The van der Waals surface area contributed by atoms with Gasteiger partial charge in [-0.3, -0.25) is 9.63 Å². The van der Waals surface area contributed by atoms with Crippen LogP contribution >= 0.6 is 0 Å². The Morgan fingerprint density at radius 1 is 1.57 bits per heavy atom. The van der Waals surface area contributed by atoms with Crippen LogP contribution < -0.4 is 5.32 Å². The molecule has 0 aliphatic carbocycles. The van der Waals surface area contributed by atoms with Gasteiger partial charge in [0, 0.05) is 6.04 Å². The fourth-order valence-electron chi connectivity index (χ4n) is 1.58. The maximum atomic E-state index is 10.7. The normalized spacial score (nSPS) is 22.4. The van der Waals surface area contributed by atoms with Gasteiger partial charge in [0.15, 0.2) is 0 Å². The molecular formula is C10H20N2O2. The zero-order chi connectivity index (χ0) is 10.6. The van der Waals surface area contributed by atoms with Crippen molar-refractivity contribution in [3.8, 4) is 0 Å². The van der Waals surface area contributed by atoms with Crippen LogP contribution in [0.3, 0.4) is 0 Å². The average Bonchev–Trinajstić information content (AvgIpc) is 2.53. The van der Waals surface area contributed by atoms with Gasteiger partial charge in [0.05, 0.1) is 12.1 Å². The number of carbonyl (C=O) groups excluding carboxylic acids is 1. The molecule has 1 saturated heterocycles. The van der Waals surface area contributed by atoms with Gasteiger partial charge in [-0.2, -0.15) is 0 Å². The third-order valence-corrected chi connectivity index (χ3v) is 2.07. The number of hydroxylamine groups is 2. The average molecular weight is 200 g/mol. The van der Waals surface area contributed by atoms with E-state index < -0.39 is 0 Å². The smallest absolute Gasteiger partial charge is 0.233 e. The van der Waals surface area contributed by atoms with Gasteiger partial charge in [-0.15, -0.1) is 0 Å². The van der Waals surface area contributed by atoms with Crippen LogP contribution in [0.25, 0.3) is 0 Å². The molecule has 14 heavy (non-hydrogen) atoms. The minimum Gasteiger partial charge on any atom is -0.312 e. The van der Waals surface area contributed by atoms with Crippen molar-refractivity contribution in [2.45, 2.75) is 45.3 Å².